The van der Waals surface area contributed by atoms with E-state index in [2.05, 4.69) is 24.0 Å². The number of benzene rings is 1. The van der Waals surface area contributed by atoms with Gasteiger partial charge in [-0.15, -0.1) is 0 Å². The van der Waals surface area contributed by atoms with Crippen LogP contribution in [0.5, 0.6) is 5.75 Å². The van der Waals surface area contributed by atoms with Gasteiger partial charge in [0.1, 0.15) is 11.9 Å². The molecule has 0 bridgehead atoms. The largest absolute Gasteiger partial charge is 0.488 e. The Hall–Kier alpha value is -1.07. The van der Waals surface area contributed by atoms with Gasteiger partial charge in [0.2, 0.25) is 0 Å². The third-order valence-corrected chi connectivity index (χ3v) is 6.26. The van der Waals surface area contributed by atoms with Crippen LogP contribution in [0, 0.1) is 12.8 Å². The number of rotatable bonds is 5. The molecule has 3 rings (SSSR count). The van der Waals surface area contributed by atoms with Gasteiger partial charge in [0.15, 0.2) is 9.84 Å². The zero-order chi connectivity index (χ0) is 14.9. The molecule has 1 unspecified atom stereocenters. The predicted molar refractivity (Wildman–Crippen MR) is 83.4 cm³/mol. The topological polar surface area (TPSA) is 46.6 Å². The number of hydrogen-bond donors (Lipinski definition) is 0. The highest BCUT2D eigenvalue weighted by molar-refractivity contribution is 7.91. The first-order valence-corrected chi connectivity index (χ1v) is 9.48. The third-order valence-electron chi connectivity index (χ3n) is 4.43. The van der Waals surface area contributed by atoms with Crippen LogP contribution in [0.25, 0.3) is 0 Å². The molecule has 5 heteroatoms. The van der Waals surface area contributed by atoms with Crippen LogP contribution < -0.4 is 4.74 Å². The minimum Gasteiger partial charge on any atom is -0.488 e. The van der Waals surface area contributed by atoms with Crippen LogP contribution in [0.2, 0.25) is 0 Å². The quantitative estimate of drug-likeness (QED) is 0.833. The van der Waals surface area contributed by atoms with E-state index in [1.807, 2.05) is 12.1 Å². The molecule has 2 heterocycles. The van der Waals surface area contributed by atoms with Gasteiger partial charge in [-0.1, -0.05) is 17.7 Å². The first kappa shape index (κ1) is 14.9. The number of aryl methyl sites for hydroxylation is 1. The summed E-state index contributed by atoms with van der Waals surface area (Å²) in [7, 11) is -2.73. The molecule has 1 aromatic carbocycles. The van der Waals surface area contributed by atoms with Crippen LogP contribution in [0.15, 0.2) is 24.3 Å². The summed E-state index contributed by atoms with van der Waals surface area (Å²) >= 11 is 0. The number of hydrogen-bond acceptors (Lipinski definition) is 4. The number of sulfone groups is 1. The van der Waals surface area contributed by atoms with E-state index in [-0.39, 0.29) is 6.10 Å². The molecule has 2 aliphatic heterocycles. The smallest absolute Gasteiger partial charge is 0.150 e. The van der Waals surface area contributed by atoms with E-state index in [0.717, 1.165) is 38.2 Å². The van der Waals surface area contributed by atoms with E-state index in [1.54, 1.807) is 0 Å². The van der Waals surface area contributed by atoms with Crippen molar-refractivity contribution in [3.8, 4) is 5.75 Å². The molecule has 1 aromatic rings. The van der Waals surface area contributed by atoms with Crippen LogP contribution in [0.1, 0.15) is 18.4 Å². The summed E-state index contributed by atoms with van der Waals surface area (Å²) in [5.74, 6) is 2.08. The van der Waals surface area contributed by atoms with E-state index in [9.17, 15) is 8.42 Å². The van der Waals surface area contributed by atoms with Crippen molar-refractivity contribution in [3.63, 3.8) is 0 Å². The Morgan fingerprint density at radius 1 is 1.24 bits per heavy atom. The average Bonchev–Trinajstić information content (AvgIpc) is 2.74. The Kier molecular flexibility index (Phi) is 4.22. The van der Waals surface area contributed by atoms with Gasteiger partial charge in [-0.25, -0.2) is 8.42 Å². The zero-order valence-corrected chi connectivity index (χ0v) is 13.3. The molecule has 2 saturated heterocycles. The molecule has 0 N–H and O–H groups in total. The van der Waals surface area contributed by atoms with Gasteiger partial charge in [0.05, 0.1) is 11.5 Å². The SMILES string of the molecule is Cc1ccc(OC2CN(CCC3CCS(=O)(=O)C3)C2)cc1. The second-order valence-electron chi connectivity index (χ2n) is 6.37. The summed E-state index contributed by atoms with van der Waals surface area (Å²) in [6.45, 7) is 4.97. The highest BCUT2D eigenvalue weighted by Gasteiger charge is 2.31. The molecular formula is C16H23NO3S. The minimum absolute atomic E-state index is 0.278. The Morgan fingerprint density at radius 3 is 2.57 bits per heavy atom. The van der Waals surface area contributed by atoms with Crippen molar-refractivity contribution in [2.75, 3.05) is 31.1 Å². The lowest BCUT2D eigenvalue weighted by molar-refractivity contribution is 0.0172. The Bertz CT molecular complexity index is 576. The fourth-order valence-corrected chi connectivity index (χ4v) is 4.96. The predicted octanol–water partition coefficient (Wildman–Crippen LogP) is 1.88. The van der Waals surface area contributed by atoms with Gasteiger partial charge >= 0.3 is 0 Å². The van der Waals surface area contributed by atoms with Crippen LogP contribution in [-0.4, -0.2) is 50.6 Å². The second-order valence-corrected chi connectivity index (χ2v) is 8.60. The lowest BCUT2D eigenvalue weighted by Crippen LogP contribution is -2.54. The third kappa shape index (κ3) is 3.98. The molecule has 2 fully saturated rings. The van der Waals surface area contributed by atoms with Crippen molar-refractivity contribution >= 4 is 9.84 Å². The minimum atomic E-state index is -2.73. The van der Waals surface area contributed by atoms with Crippen LogP contribution in [0.4, 0.5) is 0 Å². The van der Waals surface area contributed by atoms with Gasteiger partial charge < -0.3 is 4.74 Å². The maximum Gasteiger partial charge on any atom is 0.150 e. The normalized spacial score (nSPS) is 25.7. The summed E-state index contributed by atoms with van der Waals surface area (Å²) in [6, 6.07) is 8.15. The number of ether oxygens (including phenoxy) is 1. The molecule has 4 nitrogen and oxygen atoms in total. The molecule has 0 amide bonds. The molecule has 0 spiro atoms. The molecule has 1 atom stereocenters. The number of nitrogens with zero attached hydrogens (tertiary/aromatic N) is 1. The molecule has 21 heavy (non-hydrogen) atoms. The summed E-state index contributed by atoms with van der Waals surface area (Å²) in [4.78, 5) is 2.35. The lowest BCUT2D eigenvalue weighted by Gasteiger charge is -2.39. The van der Waals surface area contributed by atoms with Gasteiger partial charge in [-0.05, 0) is 44.4 Å². The van der Waals surface area contributed by atoms with E-state index < -0.39 is 9.84 Å². The average molecular weight is 309 g/mol. The van der Waals surface area contributed by atoms with Gasteiger partial charge in [-0.2, -0.15) is 0 Å². The molecular weight excluding hydrogens is 286 g/mol. The lowest BCUT2D eigenvalue weighted by atomic mass is 10.0. The molecule has 0 aromatic heterocycles. The van der Waals surface area contributed by atoms with Crippen molar-refractivity contribution in [3.05, 3.63) is 29.8 Å². The fourth-order valence-electron chi connectivity index (χ4n) is 3.05. The molecule has 0 saturated carbocycles. The maximum atomic E-state index is 11.4. The number of likely N-dealkylation sites (tertiary alicyclic amines) is 1. The zero-order valence-electron chi connectivity index (χ0n) is 12.5. The fraction of sp³-hybridized carbons (Fsp3) is 0.625. The van der Waals surface area contributed by atoms with Gasteiger partial charge in [0, 0.05) is 13.1 Å². The van der Waals surface area contributed by atoms with E-state index >= 15 is 0 Å². The monoisotopic (exact) mass is 309 g/mol. The second kappa shape index (κ2) is 5.97. The maximum absolute atomic E-state index is 11.4. The first-order valence-electron chi connectivity index (χ1n) is 7.66. The standard InChI is InChI=1S/C16H23NO3S/c1-13-2-4-15(5-3-13)20-16-10-17(11-16)8-6-14-7-9-21(18,19)12-14/h2-5,14,16H,6-12H2,1H3. The summed E-state index contributed by atoms with van der Waals surface area (Å²) in [5.41, 5.74) is 1.24. The van der Waals surface area contributed by atoms with Crippen molar-refractivity contribution in [1.29, 1.82) is 0 Å². The van der Waals surface area contributed by atoms with Crippen molar-refractivity contribution in [2.45, 2.75) is 25.9 Å². The first-order chi connectivity index (χ1) is 10.00. The summed E-state index contributed by atoms with van der Waals surface area (Å²) < 4.78 is 28.7. The molecule has 2 aliphatic rings. The van der Waals surface area contributed by atoms with Crippen LogP contribution in [-0.2, 0) is 9.84 Å². The van der Waals surface area contributed by atoms with Crippen LogP contribution in [0.3, 0.4) is 0 Å². The Balaban J connectivity index is 1.35. The van der Waals surface area contributed by atoms with E-state index in [0.29, 0.717) is 17.4 Å². The molecule has 0 aliphatic carbocycles. The Labute approximate surface area is 127 Å². The highest BCUT2D eigenvalue weighted by atomic mass is 32.2. The molecule has 116 valence electrons. The van der Waals surface area contributed by atoms with E-state index in [4.69, 9.17) is 4.74 Å². The van der Waals surface area contributed by atoms with Crippen molar-refractivity contribution in [2.24, 2.45) is 5.92 Å². The van der Waals surface area contributed by atoms with Crippen molar-refractivity contribution < 1.29 is 13.2 Å². The Morgan fingerprint density at radius 2 is 1.95 bits per heavy atom. The highest BCUT2D eigenvalue weighted by Crippen LogP contribution is 2.24. The van der Waals surface area contributed by atoms with Gasteiger partial charge in [0.25, 0.3) is 0 Å². The van der Waals surface area contributed by atoms with E-state index in [1.165, 1.54) is 5.56 Å². The summed E-state index contributed by atoms with van der Waals surface area (Å²) in [6.07, 6.45) is 2.12. The summed E-state index contributed by atoms with van der Waals surface area (Å²) in [5, 5.41) is 0. The van der Waals surface area contributed by atoms with Gasteiger partial charge in [-0.3, -0.25) is 4.90 Å². The van der Waals surface area contributed by atoms with Crippen LogP contribution >= 0.6 is 0 Å². The van der Waals surface area contributed by atoms with Crippen molar-refractivity contribution in [1.82, 2.24) is 4.90 Å². The molecule has 0 radical (unpaired) electrons.